The van der Waals surface area contributed by atoms with Gasteiger partial charge < -0.3 is 0 Å². The number of non-ortho nitro benzene ring substituents is 1. The van der Waals surface area contributed by atoms with Crippen LogP contribution in [-0.2, 0) is 4.79 Å². The zero-order valence-electron chi connectivity index (χ0n) is 10.7. The third-order valence-electron chi connectivity index (χ3n) is 2.50. The third kappa shape index (κ3) is 3.36. The summed E-state index contributed by atoms with van der Waals surface area (Å²) in [7, 11) is 0. The number of carbonyl (C=O) groups is 1. The van der Waals surface area contributed by atoms with Crippen LogP contribution in [0.1, 0.15) is 19.0 Å². The molecule has 2 aromatic rings. The molecule has 2 rings (SSSR count). The summed E-state index contributed by atoms with van der Waals surface area (Å²) in [6.07, 6.45) is 0.595. The lowest BCUT2D eigenvalue weighted by atomic mass is 10.2. The summed E-state index contributed by atoms with van der Waals surface area (Å²) in [4.78, 5) is 20.9. The van der Waals surface area contributed by atoms with Crippen LogP contribution in [0.5, 0.6) is 0 Å². The molecule has 7 heteroatoms. The number of carbonyl (C=O) groups excluding carboxylic acids is 1. The Labute approximate surface area is 119 Å². The van der Waals surface area contributed by atoms with E-state index < -0.39 is 4.92 Å². The largest absolute Gasteiger partial charge is 0.288 e. The Bertz CT molecular complexity index is 727. The first-order valence-corrected chi connectivity index (χ1v) is 6.81. The summed E-state index contributed by atoms with van der Waals surface area (Å²) >= 11 is 1.24. The van der Waals surface area contributed by atoms with Crippen LogP contribution < -0.4 is 0 Å². The highest BCUT2D eigenvalue weighted by Gasteiger charge is 2.09. The van der Waals surface area contributed by atoms with Crippen molar-refractivity contribution in [2.75, 3.05) is 5.75 Å². The topological polar surface area (TPSA) is 88.9 Å². The van der Waals surface area contributed by atoms with Crippen molar-refractivity contribution in [1.82, 2.24) is 10.2 Å². The van der Waals surface area contributed by atoms with Crippen LogP contribution >= 0.6 is 11.8 Å². The van der Waals surface area contributed by atoms with Crippen LogP contribution in [0.4, 0.5) is 5.69 Å². The van der Waals surface area contributed by atoms with Gasteiger partial charge in [-0.3, -0.25) is 20.0 Å². The Hall–Kier alpha value is -2.33. The van der Waals surface area contributed by atoms with E-state index in [0.29, 0.717) is 23.4 Å². The van der Waals surface area contributed by atoms with Gasteiger partial charge in [-0.1, -0.05) is 17.7 Å². The number of fused-ring (bicyclic) bond motifs is 1. The Kier molecular flexibility index (Phi) is 4.38. The van der Waals surface area contributed by atoms with E-state index in [1.807, 2.05) is 0 Å². The Morgan fingerprint density at radius 2 is 2.35 bits per heavy atom. The number of aromatic nitrogens is 2. The molecule has 0 radical (unpaired) electrons. The second-order valence-electron chi connectivity index (χ2n) is 3.95. The van der Waals surface area contributed by atoms with Crippen molar-refractivity contribution in [3.05, 3.63) is 34.0 Å². The highest BCUT2D eigenvalue weighted by Crippen LogP contribution is 2.21. The van der Waals surface area contributed by atoms with E-state index in [-0.39, 0.29) is 10.8 Å². The van der Waals surface area contributed by atoms with Crippen LogP contribution in [0.3, 0.4) is 0 Å². The van der Waals surface area contributed by atoms with Gasteiger partial charge in [-0.05, 0) is 12.0 Å². The number of nitro benzene ring substituents is 1. The van der Waals surface area contributed by atoms with Gasteiger partial charge in [0.15, 0.2) is 5.12 Å². The predicted octanol–water partition coefficient (Wildman–Crippen LogP) is 2.49. The molecule has 1 aromatic carbocycles. The number of thioether (sulfide) groups is 1. The van der Waals surface area contributed by atoms with Crippen molar-refractivity contribution in [1.29, 1.82) is 0 Å². The van der Waals surface area contributed by atoms with E-state index in [2.05, 4.69) is 22.0 Å². The van der Waals surface area contributed by atoms with Gasteiger partial charge in [-0.2, -0.15) is 5.10 Å². The number of nitrogens with zero attached hydrogens (tertiary/aromatic N) is 2. The molecule has 20 heavy (non-hydrogen) atoms. The standard InChI is InChI=1S/C13H11N3O3S/c1-9(17)20-7-3-2-4-12-11-6-5-10(16(18)19)8-13(11)15-14-12/h5-6,8H,3,7H2,1H3,(H,14,15). The molecule has 0 aliphatic heterocycles. The van der Waals surface area contributed by atoms with E-state index in [1.165, 1.54) is 30.8 Å². The van der Waals surface area contributed by atoms with Gasteiger partial charge in [0, 0.05) is 36.6 Å². The average molecular weight is 289 g/mol. The molecule has 102 valence electrons. The fourth-order valence-electron chi connectivity index (χ4n) is 1.61. The minimum Gasteiger partial charge on any atom is -0.288 e. The Balaban J connectivity index is 2.14. The summed E-state index contributed by atoms with van der Waals surface area (Å²) in [6, 6.07) is 4.46. The van der Waals surface area contributed by atoms with Gasteiger partial charge >= 0.3 is 0 Å². The molecule has 0 amide bonds. The van der Waals surface area contributed by atoms with E-state index in [4.69, 9.17) is 0 Å². The fraction of sp³-hybridized carbons (Fsp3) is 0.231. The molecule has 0 bridgehead atoms. The van der Waals surface area contributed by atoms with Crippen molar-refractivity contribution in [2.45, 2.75) is 13.3 Å². The molecule has 0 saturated carbocycles. The highest BCUT2D eigenvalue weighted by atomic mass is 32.2. The summed E-state index contributed by atoms with van der Waals surface area (Å²) < 4.78 is 0. The van der Waals surface area contributed by atoms with Gasteiger partial charge in [-0.25, -0.2) is 0 Å². The minimum atomic E-state index is -0.460. The zero-order chi connectivity index (χ0) is 14.5. The number of hydrogen-bond acceptors (Lipinski definition) is 5. The minimum absolute atomic E-state index is 0.00127. The van der Waals surface area contributed by atoms with E-state index in [0.717, 1.165) is 5.39 Å². The molecule has 0 aliphatic carbocycles. The van der Waals surface area contributed by atoms with Crippen molar-refractivity contribution in [2.24, 2.45) is 0 Å². The molecular formula is C13H11N3O3S. The molecule has 0 saturated heterocycles. The molecule has 0 aliphatic rings. The van der Waals surface area contributed by atoms with Crippen molar-refractivity contribution in [3.8, 4) is 11.8 Å². The van der Waals surface area contributed by atoms with E-state index in [9.17, 15) is 14.9 Å². The maximum absolute atomic E-state index is 10.7. The number of hydrogen-bond donors (Lipinski definition) is 1. The van der Waals surface area contributed by atoms with Crippen molar-refractivity contribution in [3.63, 3.8) is 0 Å². The molecule has 1 N–H and O–H groups in total. The maximum Gasteiger partial charge on any atom is 0.271 e. The summed E-state index contributed by atoms with van der Waals surface area (Å²) in [6.45, 7) is 1.52. The van der Waals surface area contributed by atoms with Gasteiger partial charge in [-0.15, -0.1) is 0 Å². The molecular weight excluding hydrogens is 278 g/mol. The van der Waals surface area contributed by atoms with Crippen LogP contribution in [0.2, 0.25) is 0 Å². The van der Waals surface area contributed by atoms with E-state index in [1.54, 1.807) is 6.07 Å². The van der Waals surface area contributed by atoms with Crippen LogP contribution in [0, 0.1) is 22.0 Å². The first-order chi connectivity index (χ1) is 9.58. The number of nitro groups is 1. The second-order valence-corrected chi connectivity index (χ2v) is 5.22. The van der Waals surface area contributed by atoms with E-state index >= 15 is 0 Å². The lowest BCUT2D eigenvalue weighted by Crippen LogP contribution is -1.86. The number of nitrogens with one attached hydrogen (secondary N) is 1. The summed E-state index contributed by atoms with van der Waals surface area (Å²) in [5.41, 5.74) is 1.14. The highest BCUT2D eigenvalue weighted by molar-refractivity contribution is 8.13. The predicted molar refractivity (Wildman–Crippen MR) is 77.4 cm³/mol. The van der Waals surface area contributed by atoms with Gasteiger partial charge in [0.05, 0.1) is 4.92 Å². The van der Waals surface area contributed by atoms with Gasteiger partial charge in [0.25, 0.3) is 5.69 Å². The Morgan fingerprint density at radius 1 is 1.55 bits per heavy atom. The zero-order valence-corrected chi connectivity index (χ0v) is 11.5. The molecule has 6 nitrogen and oxygen atoms in total. The lowest BCUT2D eigenvalue weighted by Gasteiger charge is -1.91. The molecule has 0 unspecified atom stereocenters. The summed E-state index contributed by atoms with van der Waals surface area (Å²) in [5, 5.41) is 18.2. The summed E-state index contributed by atoms with van der Waals surface area (Å²) in [5.74, 6) is 6.52. The number of rotatable bonds is 3. The van der Waals surface area contributed by atoms with Crippen LogP contribution in [0.25, 0.3) is 10.9 Å². The quantitative estimate of drug-likeness (QED) is 0.406. The molecule has 1 heterocycles. The fourth-order valence-corrected chi connectivity index (χ4v) is 2.10. The van der Waals surface area contributed by atoms with Gasteiger partial charge in [0.1, 0.15) is 11.2 Å². The monoisotopic (exact) mass is 289 g/mol. The maximum atomic E-state index is 10.7. The Morgan fingerprint density at radius 3 is 3.05 bits per heavy atom. The number of H-pyrrole nitrogens is 1. The molecule has 0 spiro atoms. The van der Waals surface area contributed by atoms with Crippen molar-refractivity contribution >= 4 is 33.5 Å². The molecule has 0 fully saturated rings. The van der Waals surface area contributed by atoms with Crippen LogP contribution in [0.15, 0.2) is 18.2 Å². The number of benzene rings is 1. The average Bonchev–Trinajstić information content (AvgIpc) is 2.80. The number of aromatic amines is 1. The van der Waals surface area contributed by atoms with Gasteiger partial charge in [0.2, 0.25) is 0 Å². The first-order valence-electron chi connectivity index (χ1n) is 5.82. The smallest absolute Gasteiger partial charge is 0.271 e. The normalized spacial score (nSPS) is 10.1. The third-order valence-corrected chi connectivity index (χ3v) is 3.31. The molecule has 0 atom stereocenters. The molecule has 1 aromatic heterocycles. The first kappa shape index (κ1) is 14.1. The van der Waals surface area contributed by atoms with Crippen LogP contribution in [-0.4, -0.2) is 26.0 Å². The second kappa shape index (κ2) is 6.21. The lowest BCUT2D eigenvalue weighted by molar-refractivity contribution is -0.384. The SMILES string of the molecule is CC(=O)SCCC#Cc1[nH]nc2cc([N+](=O)[O-])ccc12. The van der Waals surface area contributed by atoms with Crippen molar-refractivity contribution < 1.29 is 9.72 Å².